The zero-order valence-corrected chi connectivity index (χ0v) is 11.3. The Morgan fingerprint density at radius 2 is 2.17 bits per heavy atom. The number of fused-ring (bicyclic) bond motifs is 1. The van der Waals surface area contributed by atoms with Gasteiger partial charge >= 0.3 is 0 Å². The molecule has 0 aromatic carbocycles. The first-order valence-corrected chi connectivity index (χ1v) is 5.94. The van der Waals surface area contributed by atoms with Gasteiger partial charge in [0.2, 0.25) is 11.2 Å². The lowest BCUT2D eigenvalue weighted by Crippen LogP contribution is -2.25. The van der Waals surface area contributed by atoms with E-state index in [1.807, 2.05) is 13.8 Å². The fourth-order valence-electron chi connectivity index (χ4n) is 1.38. The van der Waals surface area contributed by atoms with Gasteiger partial charge in [-0.05, 0) is 25.4 Å². The molecule has 2 heterocycles. The molecular formula is C11H15ClN4O2. The number of ether oxygens (including phenoxy) is 2. The van der Waals surface area contributed by atoms with Gasteiger partial charge in [-0.15, -0.1) is 0 Å². The molecule has 0 saturated heterocycles. The number of hydrogen-bond acceptors (Lipinski definition) is 5. The van der Waals surface area contributed by atoms with Crippen LogP contribution in [-0.2, 0) is 4.74 Å². The number of rotatable bonds is 5. The van der Waals surface area contributed by atoms with Crippen molar-refractivity contribution in [2.24, 2.45) is 0 Å². The summed E-state index contributed by atoms with van der Waals surface area (Å²) >= 11 is 5.80. The summed E-state index contributed by atoms with van der Waals surface area (Å²) in [5.41, 5.74) is 0.912. The van der Waals surface area contributed by atoms with Crippen LogP contribution in [0.5, 0.6) is 5.88 Å². The van der Waals surface area contributed by atoms with Gasteiger partial charge in [-0.1, -0.05) is 0 Å². The first-order chi connectivity index (χ1) is 8.52. The summed E-state index contributed by atoms with van der Waals surface area (Å²) < 4.78 is 10.9. The second-order valence-corrected chi connectivity index (χ2v) is 4.80. The van der Waals surface area contributed by atoms with Crippen LogP contribution < -0.4 is 4.74 Å². The van der Waals surface area contributed by atoms with E-state index in [2.05, 4.69) is 19.9 Å². The van der Waals surface area contributed by atoms with Gasteiger partial charge in [0, 0.05) is 13.5 Å². The summed E-state index contributed by atoms with van der Waals surface area (Å²) in [5.74, 6) is 0.411. The van der Waals surface area contributed by atoms with Crippen LogP contribution in [0.1, 0.15) is 20.3 Å². The quantitative estimate of drug-likeness (QED) is 0.843. The van der Waals surface area contributed by atoms with Crippen molar-refractivity contribution in [2.75, 3.05) is 13.7 Å². The molecule has 2 aromatic rings. The Bertz CT molecular complexity index is 541. The molecule has 2 aromatic heterocycles. The number of H-pyrrole nitrogens is 1. The highest BCUT2D eigenvalue weighted by Crippen LogP contribution is 2.22. The molecule has 0 fully saturated rings. The molecule has 0 unspecified atom stereocenters. The van der Waals surface area contributed by atoms with Crippen molar-refractivity contribution < 1.29 is 9.47 Å². The lowest BCUT2D eigenvalue weighted by Gasteiger charge is -2.22. The molecule has 0 saturated carbocycles. The van der Waals surface area contributed by atoms with Crippen molar-refractivity contribution in [3.05, 3.63) is 11.6 Å². The molecular weight excluding hydrogens is 256 g/mol. The Morgan fingerprint density at radius 3 is 2.89 bits per heavy atom. The standard InChI is InChI=1S/C11H15ClN4O2/c1-11(2,17-3)4-5-18-9-7-8(14-6-13-7)15-10(12)16-9/h6H,4-5H2,1-3H3,(H,13,14,15,16). The van der Waals surface area contributed by atoms with Crippen LogP contribution in [0.4, 0.5) is 0 Å². The molecule has 0 aliphatic carbocycles. The molecule has 0 atom stereocenters. The largest absolute Gasteiger partial charge is 0.476 e. The van der Waals surface area contributed by atoms with Crippen LogP contribution in [0, 0.1) is 0 Å². The Hall–Kier alpha value is -1.40. The minimum Gasteiger partial charge on any atom is -0.476 e. The smallest absolute Gasteiger partial charge is 0.244 e. The van der Waals surface area contributed by atoms with Crippen molar-refractivity contribution in [3.8, 4) is 5.88 Å². The summed E-state index contributed by atoms with van der Waals surface area (Å²) in [6.45, 7) is 4.46. The van der Waals surface area contributed by atoms with E-state index in [-0.39, 0.29) is 10.9 Å². The number of nitrogens with zero attached hydrogens (tertiary/aromatic N) is 3. The second kappa shape index (κ2) is 5.07. The van der Waals surface area contributed by atoms with Crippen LogP contribution in [0.15, 0.2) is 6.33 Å². The second-order valence-electron chi connectivity index (χ2n) is 4.46. The topological polar surface area (TPSA) is 72.9 Å². The Kier molecular flexibility index (Phi) is 3.68. The number of aromatic amines is 1. The van der Waals surface area contributed by atoms with E-state index in [0.29, 0.717) is 23.7 Å². The van der Waals surface area contributed by atoms with Crippen molar-refractivity contribution in [2.45, 2.75) is 25.9 Å². The van der Waals surface area contributed by atoms with E-state index in [1.165, 1.54) is 6.33 Å². The Labute approximate surface area is 110 Å². The molecule has 1 N–H and O–H groups in total. The highest BCUT2D eigenvalue weighted by atomic mass is 35.5. The predicted octanol–water partition coefficient (Wildman–Crippen LogP) is 2.20. The van der Waals surface area contributed by atoms with Gasteiger partial charge in [-0.3, -0.25) is 0 Å². The SMILES string of the molecule is COC(C)(C)CCOc1nc(Cl)nc2nc[nH]c12. The maximum absolute atomic E-state index is 5.80. The third kappa shape index (κ3) is 2.88. The third-order valence-corrected chi connectivity index (χ3v) is 2.89. The van der Waals surface area contributed by atoms with Crippen molar-refractivity contribution >= 4 is 22.8 Å². The number of methoxy groups -OCH3 is 1. The summed E-state index contributed by atoms with van der Waals surface area (Å²) in [6.07, 6.45) is 2.27. The van der Waals surface area contributed by atoms with E-state index < -0.39 is 0 Å². The molecule has 0 aliphatic heterocycles. The van der Waals surface area contributed by atoms with Crippen LogP contribution in [0.25, 0.3) is 11.2 Å². The van der Waals surface area contributed by atoms with Gasteiger partial charge in [0.15, 0.2) is 5.65 Å². The summed E-state index contributed by atoms with van der Waals surface area (Å²) in [4.78, 5) is 15.0. The number of imidazole rings is 1. The van der Waals surface area contributed by atoms with Gasteiger partial charge < -0.3 is 14.5 Å². The zero-order chi connectivity index (χ0) is 13.2. The monoisotopic (exact) mass is 270 g/mol. The Morgan fingerprint density at radius 1 is 1.39 bits per heavy atom. The summed E-state index contributed by atoms with van der Waals surface area (Å²) in [6, 6.07) is 0. The first kappa shape index (κ1) is 13.0. The minimum absolute atomic E-state index is 0.121. The molecule has 0 radical (unpaired) electrons. The number of nitrogens with one attached hydrogen (secondary N) is 1. The van der Waals surface area contributed by atoms with E-state index in [9.17, 15) is 0 Å². The Balaban J connectivity index is 2.10. The van der Waals surface area contributed by atoms with E-state index in [0.717, 1.165) is 6.42 Å². The van der Waals surface area contributed by atoms with Crippen LogP contribution in [-0.4, -0.2) is 39.3 Å². The van der Waals surface area contributed by atoms with E-state index >= 15 is 0 Å². The maximum atomic E-state index is 5.80. The number of aromatic nitrogens is 4. The normalized spacial score (nSPS) is 12.0. The van der Waals surface area contributed by atoms with E-state index in [1.54, 1.807) is 7.11 Å². The van der Waals surface area contributed by atoms with Crippen molar-refractivity contribution in [3.63, 3.8) is 0 Å². The highest BCUT2D eigenvalue weighted by molar-refractivity contribution is 6.28. The van der Waals surface area contributed by atoms with Crippen molar-refractivity contribution in [1.29, 1.82) is 0 Å². The van der Waals surface area contributed by atoms with Gasteiger partial charge in [-0.2, -0.15) is 9.97 Å². The first-order valence-electron chi connectivity index (χ1n) is 5.56. The van der Waals surface area contributed by atoms with Crippen LogP contribution >= 0.6 is 11.6 Å². The van der Waals surface area contributed by atoms with E-state index in [4.69, 9.17) is 21.1 Å². The van der Waals surface area contributed by atoms with Gasteiger partial charge in [0.25, 0.3) is 0 Å². The highest BCUT2D eigenvalue weighted by Gasteiger charge is 2.17. The zero-order valence-electron chi connectivity index (χ0n) is 10.5. The fourth-order valence-corrected chi connectivity index (χ4v) is 1.54. The number of hydrogen-bond donors (Lipinski definition) is 1. The molecule has 0 amide bonds. The van der Waals surface area contributed by atoms with Crippen LogP contribution in [0.3, 0.4) is 0 Å². The maximum Gasteiger partial charge on any atom is 0.244 e. The molecule has 0 spiro atoms. The van der Waals surface area contributed by atoms with Gasteiger partial charge in [0.05, 0.1) is 18.5 Å². The molecule has 0 aliphatic rings. The molecule has 98 valence electrons. The average molecular weight is 271 g/mol. The lowest BCUT2D eigenvalue weighted by atomic mass is 10.1. The van der Waals surface area contributed by atoms with Gasteiger partial charge in [0.1, 0.15) is 5.52 Å². The molecule has 18 heavy (non-hydrogen) atoms. The molecule has 0 bridgehead atoms. The lowest BCUT2D eigenvalue weighted by molar-refractivity contribution is 0.00520. The van der Waals surface area contributed by atoms with Gasteiger partial charge in [-0.25, -0.2) is 4.98 Å². The summed E-state index contributed by atoms with van der Waals surface area (Å²) in [7, 11) is 1.68. The number of halogens is 1. The molecule has 6 nitrogen and oxygen atoms in total. The molecule has 2 rings (SSSR count). The fraction of sp³-hybridized carbons (Fsp3) is 0.545. The average Bonchev–Trinajstić information content (AvgIpc) is 2.76. The third-order valence-electron chi connectivity index (χ3n) is 2.72. The summed E-state index contributed by atoms with van der Waals surface area (Å²) in [5, 5.41) is 0.121. The molecule has 7 heteroatoms. The minimum atomic E-state index is -0.232. The predicted molar refractivity (Wildman–Crippen MR) is 67.9 cm³/mol. The van der Waals surface area contributed by atoms with Crippen molar-refractivity contribution in [1.82, 2.24) is 19.9 Å². The van der Waals surface area contributed by atoms with Crippen LogP contribution in [0.2, 0.25) is 5.28 Å².